The second-order valence-electron chi connectivity index (χ2n) is 3.83. The Hall–Kier alpha value is -0.320. The maximum atomic E-state index is 14.0. The van der Waals surface area contributed by atoms with Crippen molar-refractivity contribution in [2.24, 2.45) is 0 Å². The van der Waals surface area contributed by atoms with Gasteiger partial charge in [0.05, 0.1) is 5.02 Å². The fourth-order valence-electron chi connectivity index (χ4n) is 1.64. The Morgan fingerprint density at radius 1 is 1.05 bits per heavy atom. The van der Waals surface area contributed by atoms with Gasteiger partial charge in [0, 0.05) is 25.6 Å². The van der Waals surface area contributed by atoms with Crippen LogP contribution in [-0.2, 0) is 0 Å². The summed E-state index contributed by atoms with van der Waals surface area (Å²) in [4.78, 5) is 0. The first-order valence-corrected chi connectivity index (χ1v) is 7.11. The molecule has 0 fully saturated rings. The van der Waals surface area contributed by atoms with E-state index in [1.807, 2.05) is 0 Å². The molecule has 1 atom stereocenters. The molecule has 0 aliphatic heterocycles. The van der Waals surface area contributed by atoms with Gasteiger partial charge in [0.15, 0.2) is 0 Å². The van der Waals surface area contributed by atoms with Gasteiger partial charge < -0.3 is 5.11 Å². The third-order valence-corrected chi connectivity index (χ3v) is 4.45. The average Bonchev–Trinajstić information content (AvgIpc) is 2.38. The Balaban J connectivity index is 2.53. The number of hydrogen-bond acceptors (Lipinski definition) is 1. The maximum Gasteiger partial charge on any atom is 0.149 e. The largest absolute Gasteiger partial charge is 0.383 e. The molecule has 6 heteroatoms. The summed E-state index contributed by atoms with van der Waals surface area (Å²) in [5.41, 5.74) is 0.365. The Kier molecular flexibility index (Phi) is 4.75. The number of benzene rings is 2. The van der Waals surface area contributed by atoms with Crippen molar-refractivity contribution in [3.63, 3.8) is 0 Å². The lowest BCUT2D eigenvalue weighted by Gasteiger charge is -2.15. The van der Waals surface area contributed by atoms with E-state index < -0.39 is 11.9 Å². The number of aliphatic hydroxyl groups excluding tert-OH is 1. The lowest BCUT2D eigenvalue weighted by molar-refractivity contribution is 0.215. The highest BCUT2D eigenvalue weighted by Gasteiger charge is 2.20. The summed E-state index contributed by atoms with van der Waals surface area (Å²) in [7, 11) is 0. The van der Waals surface area contributed by atoms with Crippen molar-refractivity contribution >= 4 is 50.7 Å². The Morgan fingerprint density at radius 3 is 2.42 bits per heavy atom. The molecule has 0 saturated carbocycles. The minimum absolute atomic E-state index is 0.0392. The molecule has 2 rings (SSSR count). The van der Waals surface area contributed by atoms with Crippen LogP contribution in [0.4, 0.5) is 4.39 Å². The van der Waals surface area contributed by atoms with Gasteiger partial charge in [0.25, 0.3) is 0 Å². The molecule has 2 aromatic rings. The highest BCUT2D eigenvalue weighted by molar-refractivity contribution is 9.10. The molecule has 0 heterocycles. The molecular weight excluding hydrogens is 377 g/mol. The van der Waals surface area contributed by atoms with Crippen LogP contribution in [0.2, 0.25) is 15.1 Å². The third-order valence-electron chi connectivity index (χ3n) is 2.61. The Bertz CT molecular complexity index is 634. The maximum absolute atomic E-state index is 14.0. The second-order valence-corrected chi connectivity index (χ2v) is 5.91. The number of aliphatic hydroxyl groups is 1. The van der Waals surface area contributed by atoms with E-state index >= 15 is 0 Å². The molecule has 0 amide bonds. The summed E-state index contributed by atoms with van der Waals surface area (Å²) in [5.74, 6) is -0.695. The minimum atomic E-state index is -1.24. The molecule has 1 nitrogen and oxygen atoms in total. The first kappa shape index (κ1) is 15.1. The van der Waals surface area contributed by atoms with Gasteiger partial charge in [-0.2, -0.15) is 0 Å². The van der Waals surface area contributed by atoms with Crippen LogP contribution in [0.1, 0.15) is 17.2 Å². The third kappa shape index (κ3) is 3.06. The van der Waals surface area contributed by atoms with Crippen molar-refractivity contribution in [1.29, 1.82) is 0 Å². The van der Waals surface area contributed by atoms with Crippen molar-refractivity contribution in [3.8, 4) is 0 Å². The highest BCUT2D eigenvalue weighted by Crippen LogP contribution is 2.35. The zero-order chi connectivity index (χ0) is 14.2. The van der Waals surface area contributed by atoms with Crippen LogP contribution in [0.15, 0.2) is 34.8 Å². The van der Waals surface area contributed by atoms with Gasteiger partial charge in [-0.05, 0) is 40.2 Å². The van der Waals surface area contributed by atoms with Crippen molar-refractivity contribution in [2.75, 3.05) is 0 Å². The van der Waals surface area contributed by atoms with Crippen molar-refractivity contribution in [3.05, 3.63) is 66.8 Å². The van der Waals surface area contributed by atoms with E-state index in [1.165, 1.54) is 12.1 Å². The van der Waals surface area contributed by atoms with Gasteiger partial charge in [-0.3, -0.25) is 0 Å². The first-order valence-electron chi connectivity index (χ1n) is 5.18. The standard InChI is InChI=1S/C13H7BrCl3FO/c14-9-3-2-7(12(18)11(9)17)13(19)8-5-6(15)1-4-10(8)16/h1-5,13,19H. The van der Waals surface area contributed by atoms with Crippen molar-refractivity contribution < 1.29 is 9.50 Å². The summed E-state index contributed by atoms with van der Waals surface area (Å²) in [5, 5.41) is 10.9. The summed E-state index contributed by atoms with van der Waals surface area (Å²) >= 11 is 20.7. The molecule has 0 aliphatic carbocycles. The smallest absolute Gasteiger partial charge is 0.149 e. The van der Waals surface area contributed by atoms with Crippen LogP contribution in [0, 0.1) is 5.82 Å². The van der Waals surface area contributed by atoms with Crippen LogP contribution in [0.3, 0.4) is 0 Å². The molecular formula is C13H7BrCl3FO. The van der Waals surface area contributed by atoms with Gasteiger partial charge in [-0.1, -0.05) is 40.9 Å². The zero-order valence-electron chi connectivity index (χ0n) is 9.30. The van der Waals surface area contributed by atoms with Crippen LogP contribution >= 0.6 is 50.7 Å². The zero-order valence-corrected chi connectivity index (χ0v) is 13.2. The quantitative estimate of drug-likeness (QED) is 0.666. The molecule has 19 heavy (non-hydrogen) atoms. The number of halogens is 5. The molecule has 1 N–H and O–H groups in total. The Labute approximate surface area is 133 Å². The van der Waals surface area contributed by atoms with E-state index in [0.717, 1.165) is 0 Å². The normalized spacial score (nSPS) is 12.5. The lowest BCUT2D eigenvalue weighted by atomic mass is 10.0. The van der Waals surface area contributed by atoms with E-state index in [0.29, 0.717) is 20.1 Å². The lowest BCUT2D eigenvalue weighted by Crippen LogP contribution is -2.04. The SMILES string of the molecule is OC(c1cc(Cl)ccc1Cl)c1ccc(Br)c(Cl)c1F. The van der Waals surface area contributed by atoms with E-state index in [-0.39, 0.29) is 10.6 Å². The van der Waals surface area contributed by atoms with E-state index in [9.17, 15) is 9.50 Å². The van der Waals surface area contributed by atoms with Crippen LogP contribution in [0.25, 0.3) is 0 Å². The van der Waals surface area contributed by atoms with Gasteiger partial charge >= 0.3 is 0 Å². The van der Waals surface area contributed by atoms with Crippen LogP contribution in [-0.4, -0.2) is 5.11 Å². The molecule has 0 bridgehead atoms. The van der Waals surface area contributed by atoms with E-state index in [2.05, 4.69) is 15.9 Å². The van der Waals surface area contributed by atoms with Crippen LogP contribution in [0.5, 0.6) is 0 Å². The summed E-state index contributed by atoms with van der Waals surface area (Å²) in [6.45, 7) is 0. The Morgan fingerprint density at radius 2 is 1.74 bits per heavy atom. The highest BCUT2D eigenvalue weighted by atomic mass is 79.9. The monoisotopic (exact) mass is 382 g/mol. The summed E-state index contributed by atoms with van der Waals surface area (Å²) in [6.07, 6.45) is -1.24. The molecule has 0 aliphatic rings. The van der Waals surface area contributed by atoms with Crippen molar-refractivity contribution in [2.45, 2.75) is 6.10 Å². The average molecular weight is 384 g/mol. The molecule has 0 spiro atoms. The number of hydrogen-bond donors (Lipinski definition) is 1. The van der Waals surface area contributed by atoms with Gasteiger partial charge in [-0.25, -0.2) is 4.39 Å². The first-order chi connectivity index (χ1) is 8.91. The number of rotatable bonds is 2. The molecule has 2 aromatic carbocycles. The minimum Gasteiger partial charge on any atom is -0.383 e. The van der Waals surface area contributed by atoms with E-state index in [4.69, 9.17) is 34.8 Å². The molecule has 0 saturated heterocycles. The van der Waals surface area contributed by atoms with Crippen molar-refractivity contribution in [1.82, 2.24) is 0 Å². The van der Waals surface area contributed by atoms with Gasteiger partial charge in [0.1, 0.15) is 11.9 Å². The topological polar surface area (TPSA) is 20.2 Å². The fraction of sp³-hybridized carbons (Fsp3) is 0.0769. The van der Waals surface area contributed by atoms with Gasteiger partial charge in [-0.15, -0.1) is 0 Å². The summed E-state index contributed by atoms with van der Waals surface area (Å²) < 4.78 is 14.4. The summed E-state index contributed by atoms with van der Waals surface area (Å²) in [6, 6.07) is 7.62. The molecule has 0 radical (unpaired) electrons. The predicted molar refractivity (Wildman–Crippen MR) is 79.6 cm³/mol. The molecule has 0 aromatic heterocycles. The molecule has 1 unspecified atom stereocenters. The van der Waals surface area contributed by atoms with Crippen LogP contribution < -0.4 is 0 Å². The molecule has 100 valence electrons. The fourth-order valence-corrected chi connectivity index (χ4v) is 2.52. The van der Waals surface area contributed by atoms with Gasteiger partial charge in [0.2, 0.25) is 0 Å². The second kappa shape index (κ2) is 5.98. The van der Waals surface area contributed by atoms with E-state index in [1.54, 1.807) is 18.2 Å². The predicted octanol–water partition coefficient (Wildman–Crippen LogP) is 5.63.